The summed E-state index contributed by atoms with van der Waals surface area (Å²) in [6, 6.07) is 8.36. The molecule has 0 saturated heterocycles. The summed E-state index contributed by atoms with van der Waals surface area (Å²) in [5.74, 6) is -0.666. The topological polar surface area (TPSA) is 73.2 Å². The number of benzene rings is 1. The van der Waals surface area contributed by atoms with E-state index in [9.17, 15) is 9.59 Å². The highest BCUT2D eigenvalue weighted by Crippen LogP contribution is 2.26. The first-order valence-corrected chi connectivity index (χ1v) is 9.16. The number of thiazole rings is 1. The van der Waals surface area contributed by atoms with Gasteiger partial charge in [0.05, 0.1) is 13.5 Å². The van der Waals surface area contributed by atoms with Crippen molar-refractivity contribution in [2.45, 2.75) is 33.2 Å². The van der Waals surface area contributed by atoms with Crippen LogP contribution in [0.15, 0.2) is 30.5 Å². The van der Waals surface area contributed by atoms with Gasteiger partial charge in [0.1, 0.15) is 0 Å². The van der Waals surface area contributed by atoms with Crippen LogP contribution in [0.4, 0.5) is 5.13 Å². The zero-order chi connectivity index (χ0) is 18.8. The van der Waals surface area contributed by atoms with E-state index in [1.165, 1.54) is 18.4 Å². The van der Waals surface area contributed by atoms with E-state index in [2.05, 4.69) is 34.8 Å². The number of hydrogen-bond acceptors (Lipinski definition) is 5. The molecule has 1 N–H and O–H groups in total. The molecule has 3 rings (SSSR count). The molecule has 7 heteroatoms. The molecular formula is C19H21N3O3S. The molecule has 0 aliphatic carbocycles. The van der Waals surface area contributed by atoms with Gasteiger partial charge in [-0.05, 0) is 32.4 Å². The Morgan fingerprint density at radius 3 is 2.73 bits per heavy atom. The van der Waals surface area contributed by atoms with Gasteiger partial charge in [-0.15, -0.1) is 11.3 Å². The monoisotopic (exact) mass is 371 g/mol. The summed E-state index contributed by atoms with van der Waals surface area (Å²) in [5.41, 5.74) is 2.32. The molecule has 26 heavy (non-hydrogen) atoms. The van der Waals surface area contributed by atoms with Crippen molar-refractivity contribution in [3.63, 3.8) is 0 Å². The van der Waals surface area contributed by atoms with Crippen LogP contribution in [0.1, 0.15) is 40.8 Å². The quantitative estimate of drug-likeness (QED) is 0.689. The maximum atomic E-state index is 12.5. The number of para-hydroxylation sites is 1. The number of rotatable bonds is 5. The average molecular weight is 371 g/mol. The maximum Gasteiger partial charge on any atom is 0.357 e. The molecule has 1 aromatic carbocycles. The second-order valence-electron chi connectivity index (χ2n) is 6.31. The predicted molar refractivity (Wildman–Crippen MR) is 103 cm³/mol. The summed E-state index contributed by atoms with van der Waals surface area (Å²) < 4.78 is 6.86. The highest BCUT2D eigenvalue weighted by atomic mass is 32.1. The average Bonchev–Trinajstić information content (AvgIpc) is 3.15. The van der Waals surface area contributed by atoms with Gasteiger partial charge in [0.25, 0.3) is 0 Å². The zero-order valence-electron chi connectivity index (χ0n) is 15.2. The summed E-state index contributed by atoms with van der Waals surface area (Å²) in [4.78, 5) is 29.0. The molecule has 6 nitrogen and oxygen atoms in total. The molecule has 0 aliphatic rings. The van der Waals surface area contributed by atoms with Crippen LogP contribution < -0.4 is 5.32 Å². The number of ether oxygens (including phenoxy) is 1. The molecule has 0 atom stereocenters. The Balaban J connectivity index is 1.81. The zero-order valence-corrected chi connectivity index (χ0v) is 16.0. The Bertz CT molecular complexity index is 972. The highest BCUT2D eigenvalue weighted by molar-refractivity contribution is 7.16. The van der Waals surface area contributed by atoms with E-state index < -0.39 is 5.97 Å². The minimum absolute atomic E-state index is 0.165. The van der Waals surface area contributed by atoms with Gasteiger partial charge in [0.15, 0.2) is 10.8 Å². The predicted octanol–water partition coefficient (Wildman–Crippen LogP) is 3.95. The van der Waals surface area contributed by atoms with Crippen LogP contribution in [-0.4, -0.2) is 28.5 Å². The van der Waals surface area contributed by atoms with Crippen molar-refractivity contribution >= 4 is 39.2 Å². The largest absolute Gasteiger partial charge is 0.464 e. The fraction of sp³-hybridized carbons (Fsp3) is 0.316. The first-order valence-electron chi connectivity index (χ1n) is 8.34. The van der Waals surface area contributed by atoms with Crippen LogP contribution in [0, 0.1) is 6.92 Å². The molecule has 0 bridgehead atoms. The number of aryl methyl sites for hydroxylation is 1. The summed E-state index contributed by atoms with van der Waals surface area (Å²) in [5, 5.41) is 4.26. The molecule has 0 fully saturated rings. The summed E-state index contributed by atoms with van der Waals surface area (Å²) in [6.07, 6.45) is 2.27. The van der Waals surface area contributed by atoms with Crippen molar-refractivity contribution < 1.29 is 14.3 Å². The number of hydrogen-bond donors (Lipinski definition) is 1. The first kappa shape index (κ1) is 18.1. The van der Waals surface area contributed by atoms with Crippen molar-refractivity contribution in [2.24, 2.45) is 0 Å². The van der Waals surface area contributed by atoms with E-state index in [1.54, 1.807) is 6.92 Å². The minimum Gasteiger partial charge on any atom is -0.464 e. The fourth-order valence-corrected chi connectivity index (χ4v) is 3.74. The molecule has 0 aliphatic heterocycles. The number of esters is 1. The Morgan fingerprint density at radius 1 is 1.31 bits per heavy atom. The Hall–Kier alpha value is -2.67. The maximum absolute atomic E-state index is 12.5. The minimum atomic E-state index is -0.501. The Labute approximate surface area is 155 Å². The summed E-state index contributed by atoms with van der Waals surface area (Å²) in [7, 11) is 1.31. The lowest BCUT2D eigenvalue weighted by Crippen LogP contribution is -2.14. The molecule has 3 aromatic rings. The normalized spacial score (nSPS) is 11.1. The number of nitrogens with zero attached hydrogens (tertiary/aromatic N) is 2. The molecule has 0 unspecified atom stereocenters. The van der Waals surface area contributed by atoms with E-state index in [-0.39, 0.29) is 18.0 Å². The van der Waals surface area contributed by atoms with E-state index >= 15 is 0 Å². The van der Waals surface area contributed by atoms with E-state index in [0.29, 0.717) is 16.1 Å². The second kappa shape index (κ2) is 7.29. The highest BCUT2D eigenvalue weighted by Gasteiger charge is 2.18. The van der Waals surface area contributed by atoms with Gasteiger partial charge >= 0.3 is 5.97 Å². The fourth-order valence-electron chi connectivity index (χ4n) is 2.92. The van der Waals surface area contributed by atoms with Gasteiger partial charge in [-0.25, -0.2) is 9.78 Å². The number of methoxy groups -OCH3 is 1. The number of nitrogens with one attached hydrogen (secondary N) is 1. The van der Waals surface area contributed by atoms with Gasteiger partial charge < -0.3 is 14.6 Å². The standard InChI is InChI=1S/C19H21N3O3S/c1-11(2)22-10-13(14-7-5-6-8-15(14)22)9-16(23)20-19-21-17(12(3)26-19)18(24)25-4/h5-8,10-11H,9H2,1-4H3,(H,20,21,23). The number of carbonyl (C=O) groups excluding carboxylic acids is 2. The van der Waals surface area contributed by atoms with Crippen LogP contribution in [0.3, 0.4) is 0 Å². The molecule has 136 valence electrons. The van der Waals surface area contributed by atoms with Crippen LogP contribution in [0.5, 0.6) is 0 Å². The van der Waals surface area contributed by atoms with Gasteiger partial charge in [-0.1, -0.05) is 18.2 Å². The van der Waals surface area contributed by atoms with Gasteiger partial charge in [-0.3, -0.25) is 4.79 Å². The van der Waals surface area contributed by atoms with E-state index in [1.807, 2.05) is 24.4 Å². The molecule has 1 amide bonds. The second-order valence-corrected chi connectivity index (χ2v) is 7.52. The Kier molecular flexibility index (Phi) is 5.08. The molecular weight excluding hydrogens is 350 g/mol. The van der Waals surface area contributed by atoms with Crippen molar-refractivity contribution in [2.75, 3.05) is 12.4 Å². The number of anilines is 1. The Morgan fingerprint density at radius 2 is 2.04 bits per heavy atom. The smallest absolute Gasteiger partial charge is 0.357 e. The van der Waals surface area contributed by atoms with E-state index in [4.69, 9.17) is 4.74 Å². The number of aromatic nitrogens is 2. The number of fused-ring (bicyclic) bond motifs is 1. The van der Waals surface area contributed by atoms with Crippen LogP contribution >= 0.6 is 11.3 Å². The molecule has 2 aromatic heterocycles. The van der Waals surface area contributed by atoms with E-state index in [0.717, 1.165) is 16.5 Å². The SMILES string of the molecule is COC(=O)c1nc(NC(=O)Cc2cn(C(C)C)c3ccccc23)sc1C. The lowest BCUT2D eigenvalue weighted by atomic mass is 10.1. The lowest BCUT2D eigenvalue weighted by Gasteiger charge is -2.08. The third-order valence-corrected chi connectivity index (χ3v) is 5.04. The van der Waals surface area contributed by atoms with Crippen LogP contribution in [0.2, 0.25) is 0 Å². The van der Waals surface area contributed by atoms with Crippen molar-refractivity contribution in [3.05, 3.63) is 46.6 Å². The summed E-state index contributed by atoms with van der Waals surface area (Å²) in [6.45, 7) is 6.00. The van der Waals surface area contributed by atoms with Crippen molar-refractivity contribution in [1.29, 1.82) is 0 Å². The molecule has 0 radical (unpaired) electrons. The van der Waals surface area contributed by atoms with Crippen molar-refractivity contribution in [1.82, 2.24) is 9.55 Å². The van der Waals surface area contributed by atoms with Gasteiger partial charge in [0.2, 0.25) is 5.91 Å². The van der Waals surface area contributed by atoms with Gasteiger partial charge in [-0.2, -0.15) is 0 Å². The molecule has 2 heterocycles. The van der Waals surface area contributed by atoms with Crippen LogP contribution in [-0.2, 0) is 16.0 Å². The number of amides is 1. The van der Waals surface area contributed by atoms with Gasteiger partial charge in [0, 0.05) is 28.0 Å². The summed E-state index contributed by atoms with van der Waals surface area (Å²) >= 11 is 1.26. The van der Waals surface area contributed by atoms with Crippen molar-refractivity contribution in [3.8, 4) is 0 Å². The lowest BCUT2D eigenvalue weighted by molar-refractivity contribution is -0.115. The third-order valence-electron chi connectivity index (χ3n) is 4.15. The molecule has 0 spiro atoms. The number of carbonyl (C=O) groups is 2. The molecule has 0 saturated carbocycles. The first-order chi connectivity index (χ1) is 12.4. The van der Waals surface area contributed by atoms with Crippen LogP contribution in [0.25, 0.3) is 10.9 Å². The third kappa shape index (κ3) is 3.48.